The van der Waals surface area contributed by atoms with Gasteiger partial charge in [-0.3, -0.25) is 5.32 Å². The molecule has 92 valence electrons. The van der Waals surface area contributed by atoms with E-state index in [2.05, 4.69) is 20.6 Å². The lowest BCUT2D eigenvalue weighted by atomic mass is 10.1. The lowest BCUT2D eigenvalue weighted by Gasteiger charge is -2.08. The smallest absolute Gasteiger partial charge is 0.321 e. The third kappa shape index (κ3) is 3.28. The standard InChI is InChI=1S/C13H14N4O/c1-10-5-2-3-6-11(10)9-16-13(18)17-12-14-7-4-8-15-12/h2-8H,9H2,1H3,(H2,14,15,16,17,18). The number of rotatable bonds is 3. The van der Waals surface area contributed by atoms with Crippen LogP contribution in [0.15, 0.2) is 42.7 Å². The molecule has 0 aliphatic heterocycles. The summed E-state index contributed by atoms with van der Waals surface area (Å²) in [5.74, 6) is 0.291. The highest BCUT2D eigenvalue weighted by atomic mass is 16.2. The van der Waals surface area contributed by atoms with E-state index in [0.29, 0.717) is 12.5 Å². The van der Waals surface area contributed by atoms with Crippen LogP contribution >= 0.6 is 0 Å². The molecule has 2 amide bonds. The van der Waals surface area contributed by atoms with Gasteiger partial charge in [0.25, 0.3) is 0 Å². The van der Waals surface area contributed by atoms with Crippen LogP contribution in [0.1, 0.15) is 11.1 Å². The number of amides is 2. The highest BCUT2D eigenvalue weighted by Crippen LogP contribution is 2.06. The minimum Gasteiger partial charge on any atom is -0.334 e. The molecule has 5 heteroatoms. The average molecular weight is 242 g/mol. The molecule has 0 saturated heterocycles. The number of benzene rings is 1. The van der Waals surface area contributed by atoms with E-state index in [4.69, 9.17) is 0 Å². The van der Waals surface area contributed by atoms with E-state index in [1.54, 1.807) is 18.5 Å². The highest BCUT2D eigenvalue weighted by molar-refractivity contribution is 5.87. The van der Waals surface area contributed by atoms with Crippen molar-refractivity contribution in [1.82, 2.24) is 15.3 Å². The fourth-order valence-electron chi connectivity index (χ4n) is 1.49. The van der Waals surface area contributed by atoms with Crippen molar-refractivity contribution in [2.45, 2.75) is 13.5 Å². The van der Waals surface area contributed by atoms with Crippen LogP contribution < -0.4 is 10.6 Å². The molecule has 2 rings (SSSR count). The first kappa shape index (κ1) is 12.0. The van der Waals surface area contributed by atoms with Crippen LogP contribution in [0.25, 0.3) is 0 Å². The summed E-state index contributed by atoms with van der Waals surface area (Å²) in [5.41, 5.74) is 2.23. The van der Waals surface area contributed by atoms with E-state index >= 15 is 0 Å². The Hall–Kier alpha value is -2.43. The monoisotopic (exact) mass is 242 g/mol. The SMILES string of the molecule is Cc1ccccc1CNC(=O)Nc1ncccn1. The van der Waals surface area contributed by atoms with Crippen molar-refractivity contribution in [3.05, 3.63) is 53.9 Å². The number of carbonyl (C=O) groups is 1. The van der Waals surface area contributed by atoms with Gasteiger partial charge < -0.3 is 5.32 Å². The van der Waals surface area contributed by atoms with E-state index in [1.165, 1.54) is 0 Å². The summed E-state index contributed by atoms with van der Waals surface area (Å²) in [6.45, 7) is 2.49. The molecule has 0 unspecified atom stereocenters. The molecule has 5 nitrogen and oxygen atoms in total. The minimum atomic E-state index is -0.315. The number of aryl methyl sites for hydroxylation is 1. The van der Waals surface area contributed by atoms with Crippen molar-refractivity contribution in [3.8, 4) is 0 Å². The Labute approximate surface area is 105 Å². The molecule has 0 fully saturated rings. The summed E-state index contributed by atoms with van der Waals surface area (Å²) < 4.78 is 0. The van der Waals surface area contributed by atoms with Gasteiger partial charge in [-0.1, -0.05) is 24.3 Å². The highest BCUT2D eigenvalue weighted by Gasteiger charge is 2.03. The molecule has 0 spiro atoms. The number of urea groups is 1. The first-order chi connectivity index (χ1) is 8.75. The van der Waals surface area contributed by atoms with Crippen molar-refractivity contribution in [2.24, 2.45) is 0 Å². The molecule has 18 heavy (non-hydrogen) atoms. The normalized spacial score (nSPS) is 9.83. The molecule has 2 aromatic rings. The van der Waals surface area contributed by atoms with Crippen LogP contribution in [0.5, 0.6) is 0 Å². The van der Waals surface area contributed by atoms with Crippen molar-refractivity contribution < 1.29 is 4.79 Å². The number of aromatic nitrogens is 2. The lowest BCUT2D eigenvalue weighted by Crippen LogP contribution is -2.29. The predicted molar refractivity (Wildman–Crippen MR) is 69.1 cm³/mol. The number of nitrogens with one attached hydrogen (secondary N) is 2. The molecule has 0 aliphatic rings. The number of anilines is 1. The maximum Gasteiger partial charge on any atom is 0.321 e. The summed E-state index contributed by atoms with van der Waals surface area (Å²) in [6.07, 6.45) is 3.15. The second-order valence-electron chi connectivity index (χ2n) is 3.81. The van der Waals surface area contributed by atoms with Crippen LogP contribution in [-0.4, -0.2) is 16.0 Å². The maximum absolute atomic E-state index is 11.6. The van der Waals surface area contributed by atoms with Gasteiger partial charge >= 0.3 is 6.03 Å². The average Bonchev–Trinajstić information content (AvgIpc) is 2.39. The number of nitrogens with zero attached hydrogens (tertiary/aromatic N) is 2. The quantitative estimate of drug-likeness (QED) is 0.866. The second kappa shape index (κ2) is 5.77. The van der Waals surface area contributed by atoms with Crippen molar-refractivity contribution in [3.63, 3.8) is 0 Å². The Morgan fingerprint density at radius 3 is 2.61 bits per heavy atom. The summed E-state index contributed by atoms with van der Waals surface area (Å²) in [4.78, 5) is 19.4. The zero-order valence-corrected chi connectivity index (χ0v) is 10.1. The van der Waals surface area contributed by atoms with Gasteiger partial charge in [0.1, 0.15) is 0 Å². The summed E-state index contributed by atoms with van der Waals surface area (Å²) in [6, 6.07) is 9.28. The topological polar surface area (TPSA) is 66.9 Å². The van der Waals surface area contributed by atoms with Gasteiger partial charge in [-0.05, 0) is 24.1 Å². The van der Waals surface area contributed by atoms with E-state index < -0.39 is 0 Å². The van der Waals surface area contributed by atoms with Crippen LogP contribution in [0, 0.1) is 6.92 Å². The maximum atomic E-state index is 11.6. The first-order valence-electron chi connectivity index (χ1n) is 5.62. The molecule has 1 heterocycles. The van der Waals surface area contributed by atoms with E-state index in [9.17, 15) is 4.79 Å². The number of carbonyl (C=O) groups excluding carboxylic acids is 1. The third-order valence-electron chi connectivity index (χ3n) is 2.49. The fraction of sp³-hybridized carbons (Fsp3) is 0.154. The fourth-order valence-corrected chi connectivity index (χ4v) is 1.49. The summed E-state index contributed by atoms with van der Waals surface area (Å²) in [5, 5.41) is 5.32. The zero-order valence-electron chi connectivity index (χ0n) is 10.1. The Balaban J connectivity index is 1.88. The molecular formula is C13H14N4O. The zero-order chi connectivity index (χ0) is 12.8. The van der Waals surface area contributed by atoms with Crippen LogP contribution in [0.2, 0.25) is 0 Å². The molecule has 0 aliphatic carbocycles. The number of hydrogen-bond acceptors (Lipinski definition) is 3. The van der Waals surface area contributed by atoms with Crippen molar-refractivity contribution in [2.75, 3.05) is 5.32 Å². The molecule has 2 N–H and O–H groups in total. The van der Waals surface area contributed by atoms with Crippen LogP contribution in [0.4, 0.5) is 10.7 Å². The van der Waals surface area contributed by atoms with Gasteiger partial charge in [-0.25, -0.2) is 14.8 Å². The molecule has 0 radical (unpaired) electrons. The second-order valence-corrected chi connectivity index (χ2v) is 3.81. The Kier molecular flexibility index (Phi) is 3.86. The number of hydrogen-bond donors (Lipinski definition) is 2. The lowest BCUT2D eigenvalue weighted by molar-refractivity contribution is 0.251. The molecule has 1 aromatic carbocycles. The van der Waals surface area contributed by atoms with Crippen LogP contribution in [-0.2, 0) is 6.54 Å². The Morgan fingerprint density at radius 1 is 1.17 bits per heavy atom. The van der Waals surface area contributed by atoms with Crippen molar-refractivity contribution in [1.29, 1.82) is 0 Å². The summed E-state index contributed by atoms with van der Waals surface area (Å²) in [7, 11) is 0. The van der Waals surface area contributed by atoms with Gasteiger partial charge in [0.05, 0.1) is 0 Å². The molecular weight excluding hydrogens is 228 g/mol. The third-order valence-corrected chi connectivity index (χ3v) is 2.49. The van der Waals surface area contributed by atoms with E-state index in [-0.39, 0.29) is 6.03 Å². The largest absolute Gasteiger partial charge is 0.334 e. The van der Waals surface area contributed by atoms with Crippen LogP contribution in [0.3, 0.4) is 0 Å². The van der Waals surface area contributed by atoms with Gasteiger partial charge in [-0.15, -0.1) is 0 Å². The van der Waals surface area contributed by atoms with Gasteiger partial charge in [0.2, 0.25) is 5.95 Å². The van der Waals surface area contributed by atoms with Gasteiger partial charge in [-0.2, -0.15) is 0 Å². The van der Waals surface area contributed by atoms with E-state index in [1.807, 2.05) is 31.2 Å². The molecule has 1 aromatic heterocycles. The van der Waals surface area contributed by atoms with E-state index in [0.717, 1.165) is 11.1 Å². The minimum absolute atomic E-state index is 0.291. The summed E-state index contributed by atoms with van der Waals surface area (Å²) >= 11 is 0. The Bertz CT molecular complexity index is 528. The Morgan fingerprint density at radius 2 is 1.89 bits per heavy atom. The van der Waals surface area contributed by atoms with Gasteiger partial charge in [0.15, 0.2) is 0 Å². The molecule has 0 saturated carbocycles. The first-order valence-corrected chi connectivity index (χ1v) is 5.62. The van der Waals surface area contributed by atoms with Crippen molar-refractivity contribution >= 4 is 12.0 Å². The van der Waals surface area contributed by atoms with Gasteiger partial charge in [0, 0.05) is 18.9 Å². The molecule has 0 atom stereocenters. The predicted octanol–water partition coefficient (Wildman–Crippen LogP) is 2.11. The molecule has 0 bridgehead atoms.